The molecule has 0 fully saturated rings. The summed E-state index contributed by atoms with van der Waals surface area (Å²) in [6, 6.07) is 5.96. The standard InChI is InChI=1S/C13H17N3S/c1-9(2)13-11(8-14)17-12(16-13)7-10-5-3-4-6-15-10/h3-6,9H,7-8,14H2,1-2H3. The first-order valence-corrected chi connectivity index (χ1v) is 6.60. The van der Waals surface area contributed by atoms with Crippen molar-refractivity contribution < 1.29 is 0 Å². The van der Waals surface area contributed by atoms with Gasteiger partial charge in [-0.1, -0.05) is 19.9 Å². The number of nitrogens with two attached hydrogens (primary N) is 1. The van der Waals surface area contributed by atoms with Gasteiger partial charge in [0.15, 0.2) is 0 Å². The molecule has 0 atom stereocenters. The summed E-state index contributed by atoms with van der Waals surface area (Å²) >= 11 is 1.71. The number of thiazole rings is 1. The highest BCUT2D eigenvalue weighted by molar-refractivity contribution is 7.11. The van der Waals surface area contributed by atoms with Crippen LogP contribution in [0.1, 0.15) is 41.0 Å². The fourth-order valence-corrected chi connectivity index (χ4v) is 2.86. The molecule has 0 amide bonds. The van der Waals surface area contributed by atoms with Gasteiger partial charge in [-0.25, -0.2) is 4.98 Å². The molecule has 17 heavy (non-hydrogen) atoms. The Bertz CT molecular complexity index is 477. The van der Waals surface area contributed by atoms with E-state index in [1.807, 2.05) is 24.4 Å². The lowest BCUT2D eigenvalue weighted by Crippen LogP contribution is -1.99. The third kappa shape index (κ3) is 2.90. The maximum Gasteiger partial charge on any atom is 0.0991 e. The van der Waals surface area contributed by atoms with E-state index in [4.69, 9.17) is 5.73 Å². The molecule has 2 heterocycles. The molecule has 0 aliphatic rings. The van der Waals surface area contributed by atoms with E-state index in [1.54, 1.807) is 11.3 Å². The first-order valence-electron chi connectivity index (χ1n) is 5.79. The van der Waals surface area contributed by atoms with Gasteiger partial charge >= 0.3 is 0 Å². The highest BCUT2D eigenvalue weighted by Crippen LogP contribution is 2.25. The summed E-state index contributed by atoms with van der Waals surface area (Å²) in [5.74, 6) is 0.433. The van der Waals surface area contributed by atoms with Gasteiger partial charge in [0.1, 0.15) is 0 Å². The Balaban J connectivity index is 2.23. The largest absolute Gasteiger partial charge is 0.326 e. The van der Waals surface area contributed by atoms with Crippen molar-refractivity contribution in [2.75, 3.05) is 0 Å². The summed E-state index contributed by atoms with van der Waals surface area (Å²) in [7, 11) is 0. The van der Waals surface area contributed by atoms with Crippen LogP contribution in [0.3, 0.4) is 0 Å². The van der Waals surface area contributed by atoms with Crippen LogP contribution in [-0.4, -0.2) is 9.97 Å². The Labute approximate surface area is 106 Å². The Morgan fingerprint density at radius 2 is 2.18 bits per heavy atom. The van der Waals surface area contributed by atoms with E-state index in [9.17, 15) is 0 Å². The lowest BCUT2D eigenvalue weighted by atomic mass is 10.1. The summed E-state index contributed by atoms with van der Waals surface area (Å²) in [5.41, 5.74) is 7.95. The van der Waals surface area contributed by atoms with E-state index >= 15 is 0 Å². The molecule has 0 bridgehead atoms. The Morgan fingerprint density at radius 1 is 1.35 bits per heavy atom. The van der Waals surface area contributed by atoms with Crippen molar-refractivity contribution >= 4 is 11.3 Å². The van der Waals surface area contributed by atoms with Crippen molar-refractivity contribution in [1.29, 1.82) is 0 Å². The average molecular weight is 247 g/mol. The van der Waals surface area contributed by atoms with E-state index in [2.05, 4.69) is 23.8 Å². The fraction of sp³-hybridized carbons (Fsp3) is 0.385. The zero-order valence-corrected chi connectivity index (χ0v) is 11.0. The van der Waals surface area contributed by atoms with Gasteiger partial charge in [0, 0.05) is 29.7 Å². The number of hydrogen-bond acceptors (Lipinski definition) is 4. The van der Waals surface area contributed by atoms with Gasteiger partial charge in [-0.05, 0) is 18.1 Å². The summed E-state index contributed by atoms with van der Waals surface area (Å²) in [6.07, 6.45) is 2.61. The predicted molar refractivity (Wildman–Crippen MR) is 71.1 cm³/mol. The Hall–Kier alpha value is -1.26. The minimum Gasteiger partial charge on any atom is -0.326 e. The van der Waals surface area contributed by atoms with Gasteiger partial charge in [-0.2, -0.15) is 0 Å². The van der Waals surface area contributed by atoms with E-state index in [1.165, 1.54) is 4.88 Å². The van der Waals surface area contributed by atoms with Crippen molar-refractivity contribution in [3.63, 3.8) is 0 Å². The maximum absolute atomic E-state index is 5.75. The zero-order valence-electron chi connectivity index (χ0n) is 10.2. The van der Waals surface area contributed by atoms with Crippen LogP contribution in [0.2, 0.25) is 0 Å². The van der Waals surface area contributed by atoms with Crippen LogP contribution in [0.4, 0.5) is 0 Å². The lowest BCUT2D eigenvalue weighted by molar-refractivity contribution is 0.805. The van der Waals surface area contributed by atoms with Crippen LogP contribution in [-0.2, 0) is 13.0 Å². The molecule has 0 saturated carbocycles. The second kappa shape index (κ2) is 5.38. The predicted octanol–water partition coefficient (Wildman–Crippen LogP) is 2.71. The minimum atomic E-state index is 0.433. The summed E-state index contributed by atoms with van der Waals surface area (Å²) in [6.45, 7) is 4.88. The number of hydrogen-bond donors (Lipinski definition) is 1. The van der Waals surface area contributed by atoms with Crippen molar-refractivity contribution in [1.82, 2.24) is 9.97 Å². The molecule has 0 aromatic carbocycles. The number of nitrogens with zero attached hydrogens (tertiary/aromatic N) is 2. The average Bonchev–Trinajstić information content (AvgIpc) is 2.73. The van der Waals surface area contributed by atoms with E-state index in [-0.39, 0.29) is 0 Å². The molecule has 0 spiro atoms. The van der Waals surface area contributed by atoms with Crippen molar-refractivity contribution in [3.05, 3.63) is 45.7 Å². The van der Waals surface area contributed by atoms with Crippen LogP contribution < -0.4 is 5.73 Å². The molecule has 90 valence electrons. The molecule has 0 unspecified atom stereocenters. The Morgan fingerprint density at radius 3 is 2.71 bits per heavy atom. The zero-order chi connectivity index (χ0) is 12.3. The molecule has 2 rings (SSSR count). The summed E-state index contributed by atoms with van der Waals surface area (Å²) < 4.78 is 0. The molecule has 2 aromatic rings. The molecule has 0 saturated heterocycles. The normalized spacial score (nSPS) is 11.1. The second-order valence-electron chi connectivity index (χ2n) is 4.27. The SMILES string of the molecule is CC(C)c1nc(Cc2ccccn2)sc1CN. The Kier molecular flexibility index (Phi) is 3.86. The number of rotatable bonds is 4. The molecule has 0 radical (unpaired) electrons. The summed E-state index contributed by atoms with van der Waals surface area (Å²) in [4.78, 5) is 10.2. The van der Waals surface area contributed by atoms with Crippen LogP contribution >= 0.6 is 11.3 Å². The highest BCUT2D eigenvalue weighted by atomic mass is 32.1. The lowest BCUT2D eigenvalue weighted by Gasteiger charge is -2.01. The third-order valence-electron chi connectivity index (χ3n) is 2.56. The van der Waals surface area contributed by atoms with Crippen molar-refractivity contribution in [2.45, 2.75) is 32.7 Å². The molecule has 3 nitrogen and oxygen atoms in total. The first-order chi connectivity index (χ1) is 8.20. The minimum absolute atomic E-state index is 0.433. The number of aromatic nitrogens is 2. The molecule has 0 aliphatic heterocycles. The smallest absolute Gasteiger partial charge is 0.0991 e. The van der Waals surface area contributed by atoms with E-state index in [0.717, 1.165) is 22.8 Å². The van der Waals surface area contributed by atoms with Gasteiger partial charge in [0.05, 0.1) is 10.7 Å². The molecule has 2 aromatic heterocycles. The van der Waals surface area contributed by atoms with Crippen LogP contribution in [0.5, 0.6) is 0 Å². The van der Waals surface area contributed by atoms with Crippen LogP contribution in [0, 0.1) is 0 Å². The topological polar surface area (TPSA) is 51.8 Å². The van der Waals surface area contributed by atoms with Gasteiger partial charge < -0.3 is 5.73 Å². The van der Waals surface area contributed by atoms with Gasteiger partial charge in [0.25, 0.3) is 0 Å². The van der Waals surface area contributed by atoms with Crippen molar-refractivity contribution in [3.8, 4) is 0 Å². The van der Waals surface area contributed by atoms with E-state index in [0.29, 0.717) is 12.5 Å². The molecule has 4 heteroatoms. The molecular formula is C13H17N3S. The number of pyridine rings is 1. The third-order valence-corrected chi connectivity index (χ3v) is 3.66. The second-order valence-corrected chi connectivity index (χ2v) is 5.44. The first kappa shape index (κ1) is 12.2. The van der Waals surface area contributed by atoms with E-state index < -0.39 is 0 Å². The highest BCUT2D eigenvalue weighted by Gasteiger charge is 2.13. The van der Waals surface area contributed by atoms with Crippen LogP contribution in [0.15, 0.2) is 24.4 Å². The molecule has 2 N–H and O–H groups in total. The maximum atomic E-state index is 5.75. The molecule has 0 aliphatic carbocycles. The van der Waals surface area contributed by atoms with Crippen LogP contribution in [0.25, 0.3) is 0 Å². The van der Waals surface area contributed by atoms with Crippen molar-refractivity contribution in [2.24, 2.45) is 5.73 Å². The molecular weight excluding hydrogens is 230 g/mol. The van der Waals surface area contributed by atoms with Gasteiger partial charge in [-0.3, -0.25) is 4.98 Å². The summed E-state index contributed by atoms with van der Waals surface area (Å²) in [5, 5.41) is 1.10. The quantitative estimate of drug-likeness (QED) is 0.903. The van der Waals surface area contributed by atoms with Gasteiger partial charge in [-0.15, -0.1) is 11.3 Å². The monoisotopic (exact) mass is 247 g/mol. The van der Waals surface area contributed by atoms with Gasteiger partial charge in [0.2, 0.25) is 0 Å². The fourth-order valence-electron chi connectivity index (χ4n) is 1.74.